The minimum Gasteiger partial charge on any atom is -0.310 e. The van der Waals surface area contributed by atoms with Gasteiger partial charge < -0.3 is 9.80 Å². The fraction of sp³-hybridized carbons (Fsp3) is 0. The van der Waals surface area contributed by atoms with Gasteiger partial charge in [-0.25, -0.2) is 0 Å². The molecule has 0 spiro atoms. The minimum absolute atomic E-state index is 1.04. The molecule has 6 rings (SSSR count). The van der Waals surface area contributed by atoms with Gasteiger partial charge in [0.1, 0.15) is 0 Å². The second-order valence-corrected chi connectivity index (χ2v) is 13.3. The first-order valence-corrected chi connectivity index (χ1v) is 16.4. The molecule has 0 bridgehead atoms. The highest BCUT2D eigenvalue weighted by atomic mass is 79.9. The quantitative estimate of drug-likeness (QED) is 0.159. The van der Waals surface area contributed by atoms with Gasteiger partial charge in [0.05, 0.1) is 0 Å². The Bertz CT molecular complexity index is 1610. The Morgan fingerprint density at radius 3 is 0.786 bits per heavy atom. The molecule has 6 heteroatoms. The monoisotopic (exact) mass is 800 g/mol. The van der Waals surface area contributed by atoms with Crippen LogP contribution in [0.5, 0.6) is 0 Å². The molecule has 0 N–H and O–H groups in total. The van der Waals surface area contributed by atoms with Crippen molar-refractivity contribution in [2.75, 3.05) is 9.80 Å². The summed E-state index contributed by atoms with van der Waals surface area (Å²) in [6.45, 7) is 0. The molecule has 0 heterocycles. The molecule has 0 aromatic heterocycles. The number of nitrogens with zero attached hydrogens (tertiary/aromatic N) is 2. The highest BCUT2D eigenvalue weighted by Crippen LogP contribution is 2.39. The number of anilines is 6. The molecule has 6 aromatic rings. The van der Waals surface area contributed by atoms with Gasteiger partial charge in [0.25, 0.3) is 0 Å². The maximum atomic E-state index is 3.64. The Morgan fingerprint density at radius 1 is 0.286 bits per heavy atom. The van der Waals surface area contributed by atoms with Gasteiger partial charge >= 0.3 is 0 Å². The average molecular weight is 804 g/mol. The SMILES string of the molecule is Brc1cccc(N(c2ccc(-c3ccc(N(c4cccc(Br)c4)c4cccc(Br)c4)cc3)cc2)c2cccc(Br)c2)c1. The Morgan fingerprint density at radius 2 is 0.548 bits per heavy atom. The van der Waals surface area contributed by atoms with Crippen LogP contribution in [-0.4, -0.2) is 0 Å². The first-order valence-electron chi connectivity index (χ1n) is 13.3. The van der Waals surface area contributed by atoms with Gasteiger partial charge in [-0.2, -0.15) is 0 Å². The van der Waals surface area contributed by atoms with E-state index in [1.54, 1.807) is 0 Å². The number of halogens is 4. The molecule has 0 radical (unpaired) electrons. The van der Waals surface area contributed by atoms with Crippen LogP contribution in [0.1, 0.15) is 0 Å². The van der Waals surface area contributed by atoms with Crippen LogP contribution in [-0.2, 0) is 0 Å². The molecule has 2 nitrogen and oxygen atoms in total. The molecule has 6 aromatic carbocycles. The van der Waals surface area contributed by atoms with E-state index < -0.39 is 0 Å². The third kappa shape index (κ3) is 6.57. The molecular formula is C36H24Br4N2. The molecule has 0 aliphatic rings. The summed E-state index contributed by atoms with van der Waals surface area (Å²) in [4.78, 5) is 4.52. The summed E-state index contributed by atoms with van der Waals surface area (Å²) < 4.78 is 4.15. The predicted molar refractivity (Wildman–Crippen MR) is 192 cm³/mol. The Labute approximate surface area is 280 Å². The molecular weight excluding hydrogens is 780 g/mol. The highest BCUT2D eigenvalue weighted by molar-refractivity contribution is 9.11. The van der Waals surface area contributed by atoms with Gasteiger partial charge in [-0.1, -0.05) is 112 Å². The smallest absolute Gasteiger partial charge is 0.0472 e. The maximum absolute atomic E-state index is 3.64. The van der Waals surface area contributed by atoms with E-state index >= 15 is 0 Å². The zero-order chi connectivity index (χ0) is 29.1. The molecule has 0 fully saturated rings. The predicted octanol–water partition coefficient (Wildman–Crippen LogP) is 13.3. The lowest BCUT2D eigenvalue weighted by molar-refractivity contribution is 1.27. The van der Waals surface area contributed by atoms with Gasteiger partial charge in [-0.05, 0) is 108 Å². The lowest BCUT2D eigenvalue weighted by Gasteiger charge is -2.26. The van der Waals surface area contributed by atoms with E-state index in [4.69, 9.17) is 0 Å². The summed E-state index contributed by atoms with van der Waals surface area (Å²) >= 11 is 14.6. The lowest BCUT2D eigenvalue weighted by atomic mass is 10.0. The van der Waals surface area contributed by atoms with Gasteiger partial charge in [-0.15, -0.1) is 0 Å². The number of benzene rings is 6. The largest absolute Gasteiger partial charge is 0.310 e. The Hall–Kier alpha value is -3.16. The summed E-state index contributed by atoms with van der Waals surface area (Å²) in [6.07, 6.45) is 0. The molecule has 42 heavy (non-hydrogen) atoms. The summed E-state index contributed by atoms with van der Waals surface area (Å²) in [5, 5.41) is 0. The van der Waals surface area contributed by atoms with Crippen molar-refractivity contribution in [3.63, 3.8) is 0 Å². The lowest BCUT2D eigenvalue weighted by Crippen LogP contribution is -2.10. The molecule has 0 unspecified atom stereocenters. The summed E-state index contributed by atoms with van der Waals surface area (Å²) in [6, 6.07) is 50.9. The molecule has 0 saturated heterocycles. The van der Waals surface area contributed by atoms with Crippen LogP contribution in [0.2, 0.25) is 0 Å². The van der Waals surface area contributed by atoms with Crippen molar-refractivity contribution < 1.29 is 0 Å². The third-order valence-electron chi connectivity index (χ3n) is 6.85. The van der Waals surface area contributed by atoms with Crippen molar-refractivity contribution in [2.45, 2.75) is 0 Å². The van der Waals surface area contributed by atoms with Crippen LogP contribution in [0.4, 0.5) is 34.1 Å². The van der Waals surface area contributed by atoms with E-state index in [9.17, 15) is 0 Å². The summed E-state index contributed by atoms with van der Waals surface area (Å²) in [7, 11) is 0. The zero-order valence-corrected chi connectivity index (χ0v) is 28.6. The van der Waals surface area contributed by atoms with E-state index in [2.05, 4.69) is 195 Å². The molecule has 0 amide bonds. The van der Waals surface area contributed by atoms with Crippen LogP contribution < -0.4 is 9.80 Å². The number of hydrogen-bond acceptors (Lipinski definition) is 2. The fourth-order valence-corrected chi connectivity index (χ4v) is 6.51. The van der Waals surface area contributed by atoms with Gasteiger partial charge in [0, 0.05) is 52.0 Å². The van der Waals surface area contributed by atoms with Crippen LogP contribution >= 0.6 is 63.7 Å². The minimum atomic E-state index is 1.04. The van der Waals surface area contributed by atoms with Crippen molar-refractivity contribution >= 4 is 97.8 Å². The Balaban J connectivity index is 1.33. The van der Waals surface area contributed by atoms with Crippen molar-refractivity contribution in [3.8, 4) is 11.1 Å². The number of rotatable bonds is 7. The Kier molecular flexibility index (Phi) is 8.96. The first-order chi connectivity index (χ1) is 20.4. The van der Waals surface area contributed by atoms with E-state index in [-0.39, 0.29) is 0 Å². The average Bonchev–Trinajstić information content (AvgIpc) is 2.99. The summed E-state index contributed by atoms with van der Waals surface area (Å²) in [5.74, 6) is 0. The van der Waals surface area contributed by atoms with Crippen LogP contribution in [0.25, 0.3) is 11.1 Å². The first kappa shape index (κ1) is 28.9. The van der Waals surface area contributed by atoms with Crippen molar-refractivity contribution in [2.24, 2.45) is 0 Å². The van der Waals surface area contributed by atoms with E-state index in [1.807, 2.05) is 24.3 Å². The summed E-state index contributed by atoms with van der Waals surface area (Å²) in [5.41, 5.74) is 8.82. The van der Waals surface area contributed by atoms with E-state index in [0.717, 1.165) is 63.1 Å². The zero-order valence-electron chi connectivity index (χ0n) is 22.3. The molecule has 206 valence electrons. The maximum Gasteiger partial charge on any atom is 0.0472 e. The highest BCUT2D eigenvalue weighted by Gasteiger charge is 2.15. The molecule has 0 atom stereocenters. The standard InChI is InChI=1S/C36H24Br4N2/c37-27-5-1-9-33(21-27)41(34-10-2-6-28(38)22-34)31-17-13-25(14-18-31)26-15-19-32(20-16-26)42(35-11-3-7-29(39)23-35)36-12-4-8-30(40)24-36/h1-24H. The second-order valence-electron chi connectivity index (χ2n) is 9.68. The van der Waals surface area contributed by atoms with Gasteiger partial charge in [0.2, 0.25) is 0 Å². The third-order valence-corrected chi connectivity index (χ3v) is 8.82. The van der Waals surface area contributed by atoms with Gasteiger partial charge in [0.15, 0.2) is 0 Å². The van der Waals surface area contributed by atoms with Crippen molar-refractivity contribution in [3.05, 3.63) is 163 Å². The van der Waals surface area contributed by atoms with Crippen LogP contribution in [0.15, 0.2) is 163 Å². The van der Waals surface area contributed by atoms with Crippen LogP contribution in [0.3, 0.4) is 0 Å². The second kappa shape index (κ2) is 13.0. The molecule has 0 aliphatic carbocycles. The van der Waals surface area contributed by atoms with Crippen molar-refractivity contribution in [1.29, 1.82) is 0 Å². The fourth-order valence-electron chi connectivity index (χ4n) is 4.96. The number of hydrogen-bond donors (Lipinski definition) is 0. The normalized spacial score (nSPS) is 10.9. The molecule has 0 aliphatic heterocycles. The van der Waals surface area contributed by atoms with E-state index in [0.29, 0.717) is 0 Å². The van der Waals surface area contributed by atoms with E-state index in [1.165, 1.54) is 0 Å². The van der Waals surface area contributed by atoms with Crippen LogP contribution in [0, 0.1) is 0 Å². The topological polar surface area (TPSA) is 6.48 Å². The van der Waals surface area contributed by atoms with Crippen molar-refractivity contribution in [1.82, 2.24) is 0 Å². The van der Waals surface area contributed by atoms with Gasteiger partial charge in [-0.3, -0.25) is 0 Å². The molecule has 0 saturated carbocycles.